The molecule has 0 saturated carbocycles. The van der Waals surface area contributed by atoms with Gasteiger partial charge in [-0.15, -0.1) is 0 Å². The highest BCUT2D eigenvalue weighted by Gasteiger charge is 2.05. The zero-order valence-corrected chi connectivity index (χ0v) is 13.3. The number of aryl methyl sites for hydroxylation is 1. The standard InChI is InChI=1S/C14H16N4O3S/c1-4-21-12-7-10(5-6-11(12)20-3)8-15-18-13(19)9(2)16-17-14(18)22/h5-8H,4H2,1-3H3,(H,17,22)/b15-8-. The van der Waals surface area contributed by atoms with E-state index in [1.807, 2.05) is 6.92 Å². The van der Waals surface area contributed by atoms with Crippen molar-refractivity contribution in [2.24, 2.45) is 5.10 Å². The van der Waals surface area contributed by atoms with E-state index < -0.39 is 0 Å². The van der Waals surface area contributed by atoms with Crippen molar-refractivity contribution in [3.8, 4) is 11.5 Å². The van der Waals surface area contributed by atoms with E-state index in [-0.39, 0.29) is 16.0 Å². The summed E-state index contributed by atoms with van der Waals surface area (Å²) in [4.78, 5) is 11.9. The highest BCUT2D eigenvalue weighted by Crippen LogP contribution is 2.27. The minimum absolute atomic E-state index is 0.130. The van der Waals surface area contributed by atoms with E-state index in [2.05, 4.69) is 15.3 Å². The maximum absolute atomic E-state index is 11.9. The molecule has 116 valence electrons. The van der Waals surface area contributed by atoms with Crippen LogP contribution >= 0.6 is 12.2 Å². The molecule has 0 atom stereocenters. The Morgan fingerprint density at radius 3 is 2.91 bits per heavy atom. The Balaban J connectivity index is 2.39. The van der Waals surface area contributed by atoms with Crippen molar-refractivity contribution < 1.29 is 9.47 Å². The quantitative estimate of drug-likeness (QED) is 0.672. The minimum Gasteiger partial charge on any atom is -0.493 e. The van der Waals surface area contributed by atoms with E-state index in [9.17, 15) is 4.79 Å². The molecule has 8 heteroatoms. The number of benzene rings is 1. The number of nitrogens with one attached hydrogen (secondary N) is 1. The van der Waals surface area contributed by atoms with Crippen LogP contribution in [-0.4, -0.2) is 34.8 Å². The third kappa shape index (κ3) is 3.40. The van der Waals surface area contributed by atoms with Crippen molar-refractivity contribution in [3.05, 3.63) is 44.6 Å². The summed E-state index contributed by atoms with van der Waals surface area (Å²) in [5, 5.41) is 10.4. The zero-order chi connectivity index (χ0) is 16.1. The van der Waals surface area contributed by atoms with Crippen molar-refractivity contribution in [3.63, 3.8) is 0 Å². The number of aromatic nitrogens is 3. The van der Waals surface area contributed by atoms with Crippen LogP contribution in [0.15, 0.2) is 28.1 Å². The van der Waals surface area contributed by atoms with Gasteiger partial charge in [0.25, 0.3) is 5.56 Å². The number of H-pyrrole nitrogens is 1. The number of aromatic amines is 1. The topological polar surface area (TPSA) is 81.5 Å². The lowest BCUT2D eigenvalue weighted by molar-refractivity contribution is 0.311. The first kappa shape index (κ1) is 15.9. The highest BCUT2D eigenvalue weighted by molar-refractivity contribution is 7.71. The van der Waals surface area contributed by atoms with Gasteiger partial charge in [0, 0.05) is 0 Å². The monoisotopic (exact) mass is 320 g/mol. The van der Waals surface area contributed by atoms with E-state index in [4.69, 9.17) is 21.7 Å². The van der Waals surface area contributed by atoms with Crippen LogP contribution in [0.5, 0.6) is 11.5 Å². The number of ether oxygens (including phenoxy) is 2. The smallest absolute Gasteiger partial charge is 0.296 e. The molecule has 22 heavy (non-hydrogen) atoms. The van der Waals surface area contributed by atoms with Crippen LogP contribution in [0.4, 0.5) is 0 Å². The second kappa shape index (κ2) is 6.99. The lowest BCUT2D eigenvalue weighted by Crippen LogP contribution is -2.22. The molecule has 1 N–H and O–H groups in total. The van der Waals surface area contributed by atoms with Gasteiger partial charge in [-0.1, -0.05) is 0 Å². The van der Waals surface area contributed by atoms with Gasteiger partial charge in [0.15, 0.2) is 11.5 Å². The molecular weight excluding hydrogens is 304 g/mol. The van der Waals surface area contributed by atoms with E-state index in [0.717, 1.165) is 10.2 Å². The third-order valence-corrected chi connectivity index (χ3v) is 3.09. The average molecular weight is 320 g/mol. The number of hydrogen-bond acceptors (Lipinski definition) is 6. The van der Waals surface area contributed by atoms with Crippen molar-refractivity contribution in [2.75, 3.05) is 13.7 Å². The van der Waals surface area contributed by atoms with Gasteiger partial charge in [-0.05, 0) is 49.8 Å². The second-order valence-corrected chi connectivity index (χ2v) is 4.71. The molecule has 0 saturated heterocycles. The first-order chi connectivity index (χ1) is 10.6. The summed E-state index contributed by atoms with van der Waals surface area (Å²) >= 11 is 5.01. The van der Waals surface area contributed by atoms with E-state index in [0.29, 0.717) is 18.1 Å². The van der Waals surface area contributed by atoms with Crippen molar-refractivity contribution >= 4 is 18.4 Å². The normalized spacial score (nSPS) is 10.9. The van der Waals surface area contributed by atoms with Gasteiger partial charge in [0.1, 0.15) is 5.69 Å². The summed E-state index contributed by atoms with van der Waals surface area (Å²) in [5.41, 5.74) is 0.675. The summed E-state index contributed by atoms with van der Waals surface area (Å²) in [5.74, 6) is 1.24. The van der Waals surface area contributed by atoms with Crippen LogP contribution in [0.3, 0.4) is 0 Å². The summed E-state index contributed by atoms with van der Waals surface area (Å²) in [6, 6.07) is 5.35. The molecule has 0 bridgehead atoms. The Kier molecular flexibility index (Phi) is 5.05. The van der Waals surface area contributed by atoms with Crippen LogP contribution in [0.1, 0.15) is 18.2 Å². The van der Waals surface area contributed by atoms with Crippen LogP contribution in [0.2, 0.25) is 0 Å². The largest absolute Gasteiger partial charge is 0.493 e. The summed E-state index contributed by atoms with van der Waals surface area (Å²) in [6.45, 7) is 3.99. The van der Waals surface area contributed by atoms with Gasteiger partial charge >= 0.3 is 0 Å². The molecule has 0 aliphatic heterocycles. The molecule has 0 aliphatic carbocycles. The van der Waals surface area contributed by atoms with Gasteiger partial charge in [-0.3, -0.25) is 9.89 Å². The van der Waals surface area contributed by atoms with Gasteiger partial charge < -0.3 is 9.47 Å². The Morgan fingerprint density at radius 2 is 2.23 bits per heavy atom. The van der Waals surface area contributed by atoms with Gasteiger partial charge in [0.2, 0.25) is 4.77 Å². The molecule has 1 aromatic carbocycles. The molecule has 1 aromatic heterocycles. The van der Waals surface area contributed by atoms with Gasteiger partial charge in [0.05, 0.1) is 19.9 Å². The zero-order valence-electron chi connectivity index (χ0n) is 12.5. The van der Waals surface area contributed by atoms with Crippen LogP contribution < -0.4 is 15.0 Å². The van der Waals surface area contributed by atoms with Gasteiger partial charge in [-0.25, -0.2) is 0 Å². The molecule has 2 aromatic rings. The fourth-order valence-corrected chi connectivity index (χ4v) is 1.92. The highest BCUT2D eigenvalue weighted by atomic mass is 32.1. The molecule has 2 rings (SSSR count). The van der Waals surface area contributed by atoms with Crippen LogP contribution in [-0.2, 0) is 0 Å². The minimum atomic E-state index is -0.362. The Hall–Kier alpha value is -2.48. The molecule has 0 radical (unpaired) electrons. The number of hydrogen-bond donors (Lipinski definition) is 1. The van der Waals surface area contributed by atoms with Crippen LogP contribution in [0.25, 0.3) is 0 Å². The second-order valence-electron chi connectivity index (χ2n) is 4.32. The molecule has 0 unspecified atom stereocenters. The number of nitrogens with zero attached hydrogens (tertiary/aromatic N) is 3. The molecule has 7 nitrogen and oxygen atoms in total. The summed E-state index contributed by atoms with van der Waals surface area (Å²) in [6.07, 6.45) is 1.52. The maximum Gasteiger partial charge on any atom is 0.296 e. The van der Waals surface area contributed by atoms with E-state index in [1.54, 1.807) is 32.2 Å². The lowest BCUT2D eigenvalue weighted by Gasteiger charge is -2.09. The fraction of sp³-hybridized carbons (Fsp3) is 0.286. The molecule has 0 amide bonds. The predicted molar refractivity (Wildman–Crippen MR) is 85.6 cm³/mol. The predicted octanol–water partition coefficient (Wildman–Crippen LogP) is 1.90. The van der Waals surface area contributed by atoms with Crippen molar-refractivity contribution in [2.45, 2.75) is 13.8 Å². The molecule has 0 spiro atoms. The molecule has 0 aliphatic rings. The number of rotatable bonds is 5. The van der Waals surface area contributed by atoms with E-state index >= 15 is 0 Å². The van der Waals surface area contributed by atoms with Crippen molar-refractivity contribution in [1.29, 1.82) is 0 Å². The van der Waals surface area contributed by atoms with Gasteiger partial charge in [-0.2, -0.15) is 14.9 Å². The van der Waals surface area contributed by atoms with Crippen molar-refractivity contribution in [1.82, 2.24) is 14.9 Å². The summed E-state index contributed by atoms with van der Waals surface area (Å²) in [7, 11) is 1.57. The SMILES string of the molecule is CCOc1cc(/C=N\n2c(=S)[nH]nc(C)c2=O)ccc1OC. The summed E-state index contributed by atoms with van der Waals surface area (Å²) < 4.78 is 11.9. The molecular formula is C14H16N4O3S. The first-order valence-corrected chi connectivity index (χ1v) is 7.01. The average Bonchev–Trinajstić information content (AvgIpc) is 2.52. The number of methoxy groups -OCH3 is 1. The molecule has 1 heterocycles. The lowest BCUT2D eigenvalue weighted by atomic mass is 10.2. The molecule has 0 fully saturated rings. The Labute approximate surface area is 132 Å². The Bertz CT molecular complexity index is 810. The first-order valence-electron chi connectivity index (χ1n) is 6.60. The Morgan fingerprint density at radius 1 is 1.45 bits per heavy atom. The van der Waals surface area contributed by atoms with Crippen LogP contribution in [0, 0.1) is 11.7 Å². The maximum atomic E-state index is 11.9. The van der Waals surface area contributed by atoms with E-state index in [1.165, 1.54) is 6.21 Å². The fourth-order valence-electron chi connectivity index (χ4n) is 1.74. The third-order valence-electron chi connectivity index (χ3n) is 2.82.